The highest BCUT2D eigenvalue weighted by molar-refractivity contribution is 7.09. The number of hydrogen-bond donors (Lipinski definition) is 1. The normalized spacial score (nSPS) is 19.7. The third kappa shape index (κ3) is 4.20. The molecule has 0 amide bonds. The second-order valence-electron chi connectivity index (χ2n) is 5.09. The molecule has 2 aromatic heterocycles. The van der Waals surface area contributed by atoms with E-state index in [9.17, 15) is 4.79 Å². The summed E-state index contributed by atoms with van der Waals surface area (Å²) in [6.07, 6.45) is 5.13. The van der Waals surface area contributed by atoms with Crippen LogP contribution < -0.4 is 5.56 Å². The summed E-state index contributed by atoms with van der Waals surface area (Å²) >= 11 is 1.69. The van der Waals surface area contributed by atoms with E-state index in [1.165, 1.54) is 6.33 Å². The Bertz CT molecular complexity index is 613. The summed E-state index contributed by atoms with van der Waals surface area (Å²) in [6, 6.07) is 1.55. The molecule has 1 atom stereocenters. The lowest BCUT2D eigenvalue weighted by atomic mass is 10.1. The van der Waals surface area contributed by atoms with Crippen LogP contribution in [0.5, 0.6) is 0 Å². The third-order valence-corrected chi connectivity index (χ3v) is 4.29. The monoisotopic (exact) mass is 306 g/mol. The Hall–Kier alpha value is -1.57. The maximum atomic E-state index is 11.2. The summed E-state index contributed by atoms with van der Waals surface area (Å²) in [5.74, 6) is 0. The van der Waals surface area contributed by atoms with Gasteiger partial charge in [-0.2, -0.15) is 0 Å². The van der Waals surface area contributed by atoms with E-state index in [0.717, 1.165) is 49.8 Å². The molecular formula is C14H18N4O2S. The summed E-state index contributed by atoms with van der Waals surface area (Å²) in [5.41, 5.74) is 0.717. The fourth-order valence-corrected chi connectivity index (χ4v) is 3.13. The highest BCUT2D eigenvalue weighted by Gasteiger charge is 2.21. The zero-order chi connectivity index (χ0) is 14.5. The predicted molar refractivity (Wildman–Crippen MR) is 80.3 cm³/mol. The SMILES string of the molecule is O=c1cc(CC[C@@H]2CN(Cc3nccs3)CCO2)nc[nH]1. The average Bonchev–Trinajstić information content (AvgIpc) is 2.99. The molecule has 3 rings (SSSR count). The second-order valence-corrected chi connectivity index (χ2v) is 6.07. The maximum absolute atomic E-state index is 11.2. The Morgan fingerprint density at radius 3 is 3.24 bits per heavy atom. The zero-order valence-corrected chi connectivity index (χ0v) is 12.5. The first-order chi connectivity index (χ1) is 10.3. The predicted octanol–water partition coefficient (Wildman–Crippen LogP) is 1.06. The van der Waals surface area contributed by atoms with Gasteiger partial charge in [0.2, 0.25) is 0 Å². The largest absolute Gasteiger partial charge is 0.376 e. The van der Waals surface area contributed by atoms with Crippen molar-refractivity contribution < 1.29 is 4.74 Å². The van der Waals surface area contributed by atoms with Crippen molar-refractivity contribution in [1.82, 2.24) is 19.9 Å². The molecule has 3 heterocycles. The maximum Gasteiger partial charge on any atom is 0.250 e. The van der Waals surface area contributed by atoms with Crippen molar-refractivity contribution in [2.24, 2.45) is 0 Å². The lowest BCUT2D eigenvalue weighted by molar-refractivity contribution is -0.0346. The molecule has 6 nitrogen and oxygen atoms in total. The molecule has 0 unspecified atom stereocenters. The molecule has 21 heavy (non-hydrogen) atoms. The number of hydrogen-bond acceptors (Lipinski definition) is 6. The molecule has 7 heteroatoms. The highest BCUT2D eigenvalue weighted by atomic mass is 32.1. The van der Waals surface area contributed by atoms with Gasteiger partial charge in [-0.3, -0.25) is 9.69 Å². The van der Waals surface area contributed by atoms with Crippen molar-refractivity contribution in [3.05, 3.63) is 45.0 Å². The molecule has 0 bridgehead atoms. The number of rotatable bonds is 5. The molecule has 1 fully saturated rings. The van der Waals surface area contributed by atoms with E-state index in [4.69, 9.17) is 4.74 Å². The van der Waals surface area contributed by atoms with E-state index in [1.54, 1.807) is 17.4 Å². The first-order valence-electron chi connectivity index (χ1n) is 7.05. The highest BCUT2D eigenvalue weighted by Crippen LogP contribution is 2.15. The lowest BCUT2D eigenvalue weighted by Crippen LogP contribution is -2.42. The fraction of sp³-hybridized carbons (Fsp3) is 0.500. The Morgan fingerprint density at radius 1 is 1.48 bits per heavy atom. The van der Waals surface area contributed by atoms with Gasteiger partial charge in [-0.15, -0.1) is 11.3 Å². The van der Waals surface area contributed by atoms with Crippen LogP contribution in [0.2, 0.25) is 0 Å². The van der Waals surface area contributed by atoms with Crippen LogP contribution in [0.3, 0.4) is 0 Å². The standard InChI is InChI=1S/C14H18N4O2S/c19-13-7-11(16-10-17-13)1-2-12-8-18(4-5-20-12)9-14-15-3-6-21-14/h3,6-7,10,12H,1-2,4-5,8-9H2,(H,16,17,19)/t12-/m1/s1. The first kappa shape index (κ1) is 14.4. The number of ether oxygens (including phenoxy) is 1. The average molecular weight is 306 g/mol. The number of aromatic nitrogens is 3. The minimum atomic E-state index is -0.102. The molecule has 0 saturated carbocycles. The first-order valence-corrected chi connectivity index (χ1v) is 7.93. The second kappa shape index (κ2) is 6.93. The lowest BCUT2D eigenvalue weighted by Gasteiger charge is -2.32. The van der Waals surface area contributed by atoms with Gasteiger partial charge in [-0.05, 0) is 12.8 Å². The van der Waals surface area contributed by atoms with Crippen LogP contribution in [0.25, 0.3) is 0 Å². The van der Waals surface area contributed by atoms with E-state index in [1.807, 2.05) is 11.6 Å². The number of nitrogens with zero attached hydrogens (tertiary/aromatic N) is 3. The molecule has 112 valence electrons. The van der Waals surface area contributed by atoms with Gasteiger partial charge in [-0.25, -0.2) is 9.97 Å². The molecule has 1 aliphatic heterocycles. The number of H-pyrrole nitrogens is 1. The smallest absolute Gasteiger partial charge is 0.250 e. The van der Waals surface area contributed by atoms with Gasteiger partial charge in [0.1, 0.15) is 5.01 Å². The van der Waals surface area contributed by atoms with Crippen molar-refractivity contribution >= 4 is 11.3 Å². The van der Waals surface area contributed by atoms with E-state index >= 15 is 0 Å². The van der Waals surface area contributed by atoms with Crippen LogP contribution in [-0.2, 0) is 17.7 Å². The number of morpholine rings is 1. The van der Waals surface area contributed by atoms with Gasteiger partial charge in [0.15, 0.2) is 0 Å². The zero-order valence-electron chi connectivity index (χ0n) is 11.7. The Kier molecular flexibility index (Phi) is 4.74. The van der Waals surface area contributed by atoms with Gasteiger partial charge in [-0.1, -0.05) is 0 Å². The van der Waals surface area contributed by atoms with Gasteiger partial charge >= 0.3 is 0 Å². The van der Waals surface area contributed by atoms with Crippen LogP contribution >= 0.6 is 11.3 Å². The summed E-state index contributed by atoms with van der Waals surface area (Å²) in [6.45, 7) is 3.49. The number of aromatic amines is 1. The molecular weight excluding hydrogens is 288 g/mol. The summed E-state index contributed by atoms with van der Waals surface area (Å²) in [4.78, 5) is 24.6. The van der Waals surface area contributed by atoms with E-state index < -0.39 is 0 Å². The van der Waals surface area contributed by atoms with Crippen molar-refractivity contribution in [1.29, 1.82) is 0 Å². The summed E-state index contributed by atoms with van der Waals surface area (Å²) in [7, 11) is 0. The molecule has 0 radical (unpaired) electrons. The third-order valence-electron chi connectivity index (χ3n) is 3.52. The van der Waals surface area contributed by atoms with E-state index in [-0.39, 0.29) is 11.7 Å². The summed E-state index contributed by atoms with van der Waals surface area (Å²) in [5, 5.41) is 3.15. The van der Waals surface area contributed by atoms with Crippen molar-refractivity contribution in [3.63, 3.8) is 0 Å². The minimum Gasteiger partial charge on any atom is -0.376 e. The number of thiazole rings is 1. The van der Waals surface area contributed by atoms with E-state index in [2.05, 4.69) is 19.9 Å². The molecule has 2 aromatic rings. The van der Waals surface area contributed by atoms with Crippen LogP contribution in [0.4, 0.5) is 0 Å². The van der Waals surface area contributed by atoms with Gasteiger partial charge in [0, 0.05) is 36.4 Å². The molecule has 0 aromatic carbocycles. The molecule has 0 aliphatic carbocycles. The van der Waals surface area contributed by atoms with Gasteiger partial charge in [0.25, 0.3) is 5.56 Å². The minimum absolute atomic E-state index is 0.102. The van der Waals surface area contributed by atoms with Crippen LogP contribution in [0.15, 0.2) is 28.8 Å². The van der Waals surface area contributed by atoms with Gasteiger partial charge < -0.3 is 9.72 Å². The van der Waals surface area contributed by atoms with Crippen LogP contribution in [0.1, 0.15) is 17.1 Å². The quantitative estimate of drug-likeness (QED) is 0.894. The molecule has 1 saturated heterocycles. The Labute approximate surface area is 126 Å². The number of nitrogens with one attached hydrogen (secondary N) is 1. The summed E-state index contributed by atoms with van der Waals surface area (Å²) < 4.78 is 5.81. The molecule has 0 spiro atoms. The fourth-order valence-electron chi connectivity index (χ4n) is 2.48. The van der Waals surface area contributed by atoms with Crippen LogP contribution in [0, 0.1) is 0 Å². The van der Waals surface area contributed by atoms with Crippen molar-refractivity contribution in [3.8, 4) is 0 Å². The number of aryl methyl sites for hydroxylation is 1. The van der Waals surface area contributed by atoms with Crippen LogP contribution in [-0.4, -0.2) is 45.7 Å². The molecule has 1 aliphatic rings. The Morgan fingerprint density at radius 2 is 2.43 bits per heavy atom. The topological polar surface area (TPSA) is 71.1 Å². The van der Waals surface area contributed by atoms with Gasteiger partial charge in [0.05, 0.1) is 25.6 Å². The van der Waals surface area contributed by atoms with Crippen molar-refractivity contribution in [2.75, 3.05) is 19.7 Å². The van der Waals surface area contributed by atoms with Crippen molar-refractivity contribution in [2.45, 2.75) is 25.5 Å². The molecule has 1 N–H and O–H groups in total. The Balaban J connectivity index is 1.50. The van der Waals surface area contributed by atoms with E-state index in [0.29, 0.717) is 0 Å².